The summed E-state index contributed by atoms with van der Waals surface area (Å²) in [7, 11) is 0. The van der Waals surface area contributed by atoms with Gasteiger partial charge in [0, 0.05) is 11.1 Å². The molecular formula is C27H26N4O2S. The maximum atomic E-state index is 13.0. The summed E-state index contributed by atoms with van der Waals surface area (Å²) < 4.78 is 0. The van der Waals surface area contributed by atoms with Gasteiger partial charge in [0.1, 0.15) is 4.88 Å². The molecule has 1 aliphatic carbocycles. The van der Waals surface area contributed by atoms with E-state index in [2.05, 4.69) is 33.1 Å². The topological polar surface area (TPSA) is 83.1 Å². The van der Waals surface area contributed by atoms with Crippen LogP contribution in [0.3, 0.4) is 0 Å². The summed E-state index contributed by atoms with van der Waals surface area (Å²) in [5.74, 6) is -0.231. The molecule has 0 atom stereocenters. The van der Waals surface area contributed by atoms with E-state index in [0.717, 1.165) is 57.6 Å². The van der Waals surface area contributed by atoms with E-state index >= 15 is 0 Å². The number of nitrogens with zero attached hydrogens (tertiary/aromatic N) is 1. The average Bonchev–Trinajstić information content (AvgIpc) is 3.36. The van der Waals surface area contributed by atoms with E-state index in [1.54, 1.807) is 6.92 Å². The molecule has 0 radical (unpaired) electrons. The first-order valence-electron chi connectivity index (χ1n) is 11.3. The van der Waals surface area contributed by atoms with E-state index in [4.69, 9.17) is 0 Å². The lowest BCUT2D eigenvalue weighted by molar-refractivity contribution is 0.102. The second-order valence-corrected chi connectivity index (χ2v) is 9.85. The fourth-order valence-corrected chi connectivity index (χ4v) is 5.67. The number of hydrogen-bond acceptors (Lipinski definition) is 4. The van der Waals surface area contributed by atoms with Crippen LogP contribution in [0.5, 0.6) is 0 Å². The first-order valence-corrected chi connectivity index (χ1v) is 12.1. The molecule has 1 aliphatic rings. The predicted octanol–water partition coefficient (Wildman–Crippen LogP) is 6.52. The third kappa shape index (κ3) is 4.03. The molecule has 3 aromatic carbocycles. The third-order valence-corrected chi connectivity index (χ3v) is 7.34. The predicted molar refractivity (Wildman–Crippen MR) is 139 cm³/mol. The van der Waals surface area contributed by atoms with Crippen LogP contribution in [0, 0.1) is 27.7 Å². The van der Waals surface area contributed by atoms with Crippen LogP contribution in [0.1, 0.15) is 43.2 Å². The zero-order valence-corrected chi connectivity index (χ0v) is 20.4. The number of benzene rings is 3. The molecule has 5 rings (SSSR count). The molecule has 0 fully saturated rings. The monoisotopic (exact) mass is 470 g/mol. The second kappa shape index (κ2) is 8.57. The first kappa shape index (κ1) is 22.1. The minimum absolute atomic E-state index is 0.231. The van der Waals surface area contributed by atoms with Crippen LogP contribution in [0.25, 0.3) is 10.8 Å². The third-order valence-electron chi connectivity index (χ3n) is 6.26. The van der Waals surface area contributed by atoms with Crippen molar-refractivity contribution in [1.29, 1.82) is 0 Å². The minimum Gasteiger partial charge on any atom is -0.321 e. The molecule has 0 bridgehead atoms. The van der Waals surface area contributed by atoms with Gasteiger partial charge in [-0.1, -0.05) is 53.3 Å². The Hall–Kier alpha value is -3.71. The van der Waals surface area contributed by atoms with Gasteiger partial charge in [0.05, 0.1) is 11.4 Å². The molecule has 1 aromatic heterocycles. The number of aromatic nitrogens is 1. The smallest absolute Gasteiger partial charge is 0.321 e. The van der Waals surface area contributed by atoms with Crippen molar-refractivity contribution in [1.82, 2.24) is 4.98 Å². The van der Waals surface area contributed by atoms with Gasteiger partial charge in [0.15, 0.2) is 5.13 Å². The molecule has 4 aromatic rings. The van der Waals surface area contributed by atoms with Crippen molar-refractivity contribution in [2.24, 2.45) is 0 Å². The zero-order valence-electron chi connectivity index (χ0n) is 19.6. The maximum absolute atomic E-state index is 13.0. The van der Waals surface area contributed by atoms with Crippen LogP contribution in [0.2, 0.25) is 0 Å². The largest absolute Gasteiger partial charge is 0.325 e. The van der Waals surface area contributed by atoms with Gasteiger partial charge in [-0.3, -0.25) is 10.1 Å². The molecule has 3 N–H and O–H groups in total. The number of thiazole rings is 1. The molecule has 0 saturated heterocycles. The summed E-state index contributed by atoms with van der Waals surface area (Å²) in [6.45, 7) is 7.76. The molecule has 172 valence electrons. The Morgan fingerprint density at radius 3 is 2.32 bits per heavy atom. The summed E-state index contributed by atoms with van der Waals surface area (Å²) in [6.07, 6.45) is 2.07. The Bertz CT molecular complexity index is 1440. The number of aryl methyl sites for hydroxylation is 6. The molecule has 3 amide bonds. The fourth-order valence-electron chi connectivity index (χ4n) is 4.81. The highest BCUT2D eigenvalue weighted by atomic mass is 32.1. The molecule has 0 aliphatic heterocycles. The second-order valence-electron chi connectivity index (χ2n) is 8.85. The number of carbonyl (C=O) groups is 2. The van der Waals surface area contributed by atoms with Crippen molar-refractivity contribution in [2.45, 2.75) is 40.5 Å². The quantitative estimate of drug-likeness (QED) is 0.317. The average molecular weight is 471 g/mol. The van der Waals surface area contributed by atoms with Crippen molar-refractivity contribution in [3.8, 4) is 0 Å². The number of amides is 3. The van der Waals surface area contributed by atoms with Gasteiger partial charge in [-0.05, 0) is 74.2 Å². The van der Waals surface area contributed by atoms with Gasteiger partial charge in [0.2, 0.25) is 0 Å². The highest BCUT2D eigenvalue weighted by Gasteiger charge is 2.20. The van der Waals surface area contributed by atoms with Crippen molar-refractivity contribution < 1.29 is 9.59 Å². The lowest BCUT2D eigenvalue weighted by Crippen LogP contribution is -2.19. The van der Waals surface area contributed by atoms with Gasteiger partial charge in [-0.15, -0.1) is 0 Å². The highest BCUT2D eigenvalue weighted by Crippen LogP contribution is 2.35. The van der Waals surface area contributed by atoms with E-state index in [1.165, 1.54) is 16.5 Å². The van der Waals surface area contributed by atoms with Crippen LogP contribution in [-0.2, 0) is 12.8 Å². The van der Waals surface area contributed by atoms with E-state index in [1.807, 2.05) is 51.1 Å². The van der Waals surface area contributed by atoms with Gasteiger partial charge < -0.3 is 10.6 Å². The molecular weight excluding hydrogens is 444 g/mol. The molecule has 7 heteroatoms. The highest BCUT2D eigenvalue weighted by molar-refractivity contribution is 7.17. The number of nitrogens with one attached hydrogen (secondary N) is 3. The molecule has 6 nitrogen and oxygen atoms in total. The van der Waals surface area contributed by atoms with E-state index in [0.29, 0.717) is 15.7 Å². The van der Waals surface area contributed by atoms with Crippen molar-refractivity contribution in [3.63, 3.8) is 0 Å². The zero-order chi connectivity index (χ0) is 24.0. The minimum atomic E-state index is -0.385. The van der Waals surface area contributed by atoms with E-state index in [9.17, 15) is 9.59 Å². The lowest BCUT2D eigenvalue weighted by atomic mass is 10.0. The standard InChI is InChI=1S/C27H26N4O2S/c1-14-12-15(2)23(16(3)13-14)30-25(32)24-17(4)28-27(34-24)31-26(33)29-21-11-10-19-9-8-18-6-5-7-20(21)22(18)19/h5-7,10-13H,8-9H2,1-4H3,(H,30,32)(H2,28,29,31,33). The lowest BCUT2D eigenvalue weighted by Gasteiger charge is -2.12. The fraction of sp³-hybridized carbons (Fsp3) is 0.222. The first-order chi connectivity index (χ1) is 16.3. The van der Waals surface area contributed by atoms with Gasteiger partial charge in [-0.25, -0.2) is 9.78 Å². The number of anilines is 3. The molecule has 0 spiro atoms. The Kier molecular flexibility index (Phi) is 5.57. The summed E-state index contributed by atoms with van der Waals surface area (Å²) in [6, 6.07) is 13.9. The van der Waals surface area contributed by atoms with Gasteiger partial charge >= 0.3 is 6.03 Å². The van der Waals surface area contributed by atoms with Crippen molar-refractivity contribution in [2.75, 3.05) is 16.0 Å². The van der Waals surface area contributed by atoms with Gasteiger partial charge in [-0.2, -0.15) is 0 Å². The van der Waals surface area contributed by atoms with Crippen molar-refractivity contribution in [3.05, 3.63) is 80.9 Å². The number of rotatable bonds is 4. The Balaban J connectivity index is 1.32. The SMILES string of the molecule is Cc1cc(C)c(NC(=O)c2sc(NC(=O)Nc3ccc4c5c(cccc35)CC4)nc2C)c(C)c1. The maximum Gasteiger partial charge on any atom is 0.325 e. The van der Waals surface area contributed by atoms with E-state index < -0.39 is 0 Å². The van der Waals surface area contributed by atoms with Crippen LogP contribution < -0.4 is 16.0 Å². The van der Waals surface area contributed by atoms with Crippen LogP contribution in [-0.4, -0.2) is 16.9 Å². The summed E-state index contributed by atoms with van der Waals surface area (Å²) >= 11 is 1.16. The van der Waals surface area contributed by atoms with Crippen LogP contribution >= 0.6 is 11.3 Å². The van der Waals surface area contributed by atoms with E-state index in [-0.39, 0.29) is 11.9 Å². The molecule has 34 heavy (non-hydrogen) atoms. The Labute approximate surface area is 202 Å². The van der Waals surface area contributed by atoms with Crippen molar-refractivity contribution >= 4 is 50.6 Å². The van der Waals surface area contributed by atoms with Crippen LogP contribution in [0.15, 0.2) is 42.5 Å². The Morgan fingerprint density at radius 2 is 1.59 bits per heavy atom. The molecule has 1 heterocycles. The number of hydrogen-bond donors (Lipinski definition) is 3. The van der Waals surface area contributed by atoms with Gasteiger partial charge in [0.25, 0.3) is 5.91 Å². The Morgan fingerprint density at radius 1 is 0.882 bits per heavy atom. The summed E-state index contributed by atoms with van der Waals surface area (Å²) in [5.41, 5.74) is 7.96. The number of urea groups is 1. The number of carbonyl (C=O) groups excluding carboxylic acids is 2. The normalized spacial score (nSPS) is 12.1. The molecule has 0 unspecified atom stereocenters. The summed E-state index contributed by atoms with van der Waals surface area (Å²) in [5, 5.41) is 11.4. The summed E-state index contributed by atoms with van der Waals surface area (Å²) in [4.78, 5) is 30.6. The molecule has 0 saturated carbocycles. The van der Waals surface area contributed by atoms with Crippen LogP contribution in [0.4, 0.5) is 21.3 Å².